The van der Waals surface area contributed by atoms with Gasteiger partial charge in [0.2, 0.25) is 0 Å². The number of aromatic nitrogens is 1. The summed E-state index contributed by atoms with van der Waals surface area (Å²) in [6, 6.07) is 39.6. The number of ether oxygens (including phenoxy) is 2. The molecule has 9 heteroatoms. The van der Waals surface area contributed by atoms with Crippen LogP contribution in [0.3, 0.4) is 0 Å². The van der Waals surface area contributed by atoms with E-state index in [-0.39, 0.29) is 24.5 Å². The fourth-order valence-electron chi connectivity index (χ4n) is 7.38. The van der Waals surface area contributed by atoms with Gasteiger partial charge < -0.3 is 31.2 Å². The molecule has 0 saturated carbocycles. The van der Waals surface area contributed by atoms with Crippen molar-refractivity contribution in [1.29, 1.82) is 0 Å². The van der Waals surface area contributed by atoms with Crippen LogP contribution >= 0.6 is 0 Å². The Kier molecular flexibility index (Phi) is 12.5. The molecule has 2 amide bonds. The number of nitrogens with two attached hydrogens (primary N) is 1. The highest BCUT2D eigenvalue weighted by Gasteiger charge is 2.29. The van der Waals surface area contributed by atoms with E-state index >= 15 is 0 Å². The van der Waals surface area contributed by atoms with Crippen molar-refractivity contribution in [3.63, 3.8) is 0 Å². The summed E-state index contributed by atoms with van der Waals surface area (Å²) in [5, 5.41) is 10.3. The number of anilines is 2. The Morgan fingerprint density at radius 1 is 0.750 bits per heavy atom. The van der Waals surface area contributed by atoms with E-state index in [9.17, 15) is 9.59 Å². The summed E-state index contributed by atoms with van der Waals surface area (Å²) in [6.07, 6.45) is 5.01. The van der Waals surface area contributed by atoms with Gasteiger partial charge in [-0.25, -0.2) is 4.79 Å². The Labute approximate surface area is 328 Å². The normalized spacial score (nSPS) is 11.9. The van der Waals surface area contributed by atoms with Gasteiger partial charge in [0, 0.05) is 52.6 Å². The van der Waals surface area contributed by atoms with Crippen LogP contribution in [-0.4, -0.2) is 36.7 Å². The van der Waals surface area contributed by atoms with E-state index < -0.39 is 0 Å². The molecule has 0 bridgehead atoms. The van der Waals surface area contributed by atoms with E-state index in [1.807, 2.05) is 73.7 Å². The average molecular weight is 748 g/mol. The second-order valence-corrected chi connectivity index (χ2v) is 14.3. The fourth-order valence-corrected chi connectivity index (χ4v) is 7.38. The molecule has 56 heavy (non-hydrogen) atoms. The molecule has 9 nitrogen and oxygen atoms in total. The monoisotopic (exact) mass is 747 g/mol. The Bertz CT molecular complexity index is 2240. The molecule has 1 aliphatic rings. The van der Waals surface area contributed by atoms with Crippen LogP contribution in [0.4, 0.5) is 16.2 Å². The van der Waals surface area contributed by atoms with Crippen molar-refractivity contribution in [3.05, 3.63) is 155 Å². The molecular formula is C47H49N5O4. The lowest BCUT2D eigenvalue weighted by Crippen LogP contribution is -2.27. The zero-order valence-electron chi connectivity index (χ0n) is 31.9. The Balaban J connectivity index is 0.750. The lowest BCUT2D eigenvalue weighted by Gasteiger charge is -2.14. The van der Waals surface area contributed by atoms with Crippen molar-refractivity contribution in [2.45, 2.75) is 58.1 Å². The van der Waals surface area contributed by atoms with Crippen LogP contribution in [-0.2, 0) is 17.9 Å². The lowest BCUT2D eigenvalue weighted by atomic mass is 9.98. The quantitative estimate of drug-likeness (QED) is 0.0685. The summed E-state index contributed by atoms with van der Waals surface area (Å²) in [6.45, 7) is 4.85. The van der Waals surface area contributed by atoms with E-state index in [0.717, 1.165) is 73.1 Å². The summed E-state index contributed by atoms with van der Waals surface area (Å²) in [5.74, 6) is 0.598. The van der Waals surface area contributed by atoms with Crippen molar-refractivity contribution in [2.24, 2.45) is 0 Å². The molecule has 1 aliphatic carbocycles. The third-order valence-corrected chi connectivity index (χ3v) is 10.3. The number of hydrogen-bond acceptors (Lipinski definition) is 7. The summed E-state index contributed by atoms with van der Waals surface area (Å²) < 4.78 is 11.7. The largest absolute Gasteiger partial charge is 0.489 e. The molecule has 7 rings (SSSR count). The molecule has 0 fully saturated rings. The van der Waals surface area contributed by atoms with Crippen LogP contribution in [0.1, 0.15) is 76.3 Å². The maximum Gasteiger partial charge on any atom is 0.407 e. The summed E-state index contributed by atoms with van der Waals surface area (Å²) in [4.78, 5) is 30.2. The third kappa shape index (κ3) is 9.54. The van der Waals surface area contributed by atoms with Crippen LogP contribution in [0, 0.1) is 6.92 Å². The second-order valence-electron chi connectivity index (χ2n) is 14.3. The maximum atomic E-state index is 13.3. The summed E-state index contributed by atoms with van der Waals surface area (Å²) >= 11 is 0. The second kappa shape index (κ2) is 18.4. The number of alkyl carbamates (subject to hydrolysis) is 1. The van der Waals surface area contributed by atoms with Crippen molar-refractivity contribution in [1.82, 2.24) is 15.6 Å². The van der Waals surface area contributed by atoms with E-state index in [2.05, 4.69) is 69.5 Å². The molecule has 6 aromatic rings. The topological polar surface area (TPSA) is 128 Å². The van der Waals surface area contributed by atoms with Crippen molar-refractivity contribution in [3.8, 4) is 16.9 Å². The van der Waals surface area contributed by atoms with Gasteiger partial charge in [-0.1, -0.05) is 98.1 Å². The van der Waals surface area contributed by atoms with Gasteiger partial charge in [-0.3, -0.25) is 9.78 Å². The molecule has 5 aromatic carbocycles. The number of aryl methyl sites for hydroxylation is 1. The summed E-state index contributed by atoms with van der Waals surface area (Å²) in [7, 11) is 0. The van der Waals surface area contributed by atoms with Crippen molar-refractivity contribution < 1.29 is 19.1 Å². The lowest BCUT2D eigenvalue weighted by molar-refractivity contribution is 0.102. The predicted octanol–water partition coefficient (Wildman–Crippen LogP) is 9.54. The number of amides is 2. The molecule has 0 atom stereocenters. The van der Waals surface area contributed by atoms with Gasteiger partial charge in [0.25, 0.3) is 5.91 Å². The number of carbonyl (C=O) groups is 2. The Morgan fingerprint density at radius 2 is 1.43 bits per heavy atom. The van der Waals surface area contributed by atoms with Gasteiger partial charge >= 0.3 is 6.09 Å². The van der Waals surface area contributed by atoms with Gasteiger partial charge in [0.1, 0.15) is 19.0 Å². The van der Waals surface area contributed by atoms with Gasteiger partial charge in [0.05, 0.1) is 5.52 Å². The van der Waals surface area contributed by atoms with E-state index in [4.69, 9.17) is 15.2 Å². The smallest absolute Gasteiger partial charge is 0.407 e. The fraction of sp³-hybridized carbons (Fsp3) is 0.255. The number of nitrogen functional groups attached to an aromatic ring is 1. The third-order valence-electron chi connectivity index (χ3n) is 10.3. The number of nitrogens with zero attached hydrogens (tertiary/aromatic N) is 1. The number of rotatable bonds is 17. The molecule has 0 unspecified atom stereocenters. The maximum absolute atomic E-state index is 13.3. The Hall–Kier alpha value is -6.19. The number of pyridine rings is 1. The first kappa shape index (κ1) is 38.1. The van der Waals surface area contributed by atoms with Crippen LogP contribution in [0.2, 0.25) is 0 Å². The minimum Gasteiger partial charge on any atom is -0.489 e. The number of nitrogens with one attached hydrogen (secondary N) is 3. The zero-order chi connectivity index (χ0) is 38.7. The zero-order valence-corrected chi connectivity index (χ0v) is 31.9. The van der Waals surface area contributed by atoms with E-state index in [0.29, 0.717) is 30.1 Å². The first-order valence-corrected chi connectivity index (χ1v) is 19.5. The van der Waals surface area contributed by atoms with Crippen molar-refractivity contribution in [2.75, 3.05) is 30.7 Å². The van der Waals surface area contributed by atoms with Crippen LogP contribution in [0.15, 0.2) is 121 Å². The highest BCUT2D eigenvalue weighted by Crippen LogP contribution is 2.44. The molecular weight excluding hydrogens is 699 g/mol. The number of fused-ring (bicyclic) bond motifs is 4. The first-order chi connectivity index (χ1) is 27.4. The van der Waals surface area contributed by atoms with Gasteiger partial charge in [-0.15, -0.1) is 0 Å². The molecule has 0 aliphatic heterocycles. The minimum absolute atomic E-state index is 0.0737. The van der Waals surface area contributed by atoms with E-state index in [1.54, 1.807) is 6.07 Å². The molecule has 286 valence electrons. The highest BCUT2D eigenvalue weighted by molar-refractivity contribution is 6.06. The van der Waals surface area contributed by atoms with Crippen LogP contribution < -0.4 is 26.4 Å². The number of unbranched alkanes of at least 4 members (excludes halogenated alkanes) is 4. The van der Waals surface area contributed by atoms with Crippen LogP contribution in [0.25, 0.3) is 22.0 Å². The molecule has 1 heterocycles. The van der Waals surface area contributed by atoms with Crippen LogP contribution in [0.5, 0.6) is 5.75 Å². The Morgan fingerprint density at radius 3 is 2.20 bits per heavy atom. The molecule has 1 aromatic heterocycles. The van der Waals surface area contributed by atoms with Gasteiger partial charge in [-0.05, 0) is 96.6 Å². The molecule has 0 radical (unpaired) electrons. The number of hydrogen-bond donors (Lipinski definition) is 4. The van der Waals surface area contributed by atoms with E-state index in [1.165, 1.54) is 27.8 Å². The number of carbonyl (C=O) groups excluding carboxylic acids is 2. The standard InChI is InChI=1S/C47H49N5O4/c1-32-27-44(48)42-28-35(21-24-45(42)51-32)52-46(53)37-14-6-5-13-34(37)30-55-36-22-19-33(20-23-36)29-49-25-11-3-2-4-12-26-50-47(54)56-31-43-40-17-9-7-15-38(40)39-16-8-10-18-41(39)43/h5-10,13-24,27-28,43,49H,2-4,11-12,25-26,29-31H2,1H3,(H2,48,51)(H,50,54)(H,52,53). The molecule has 0 spiro atoms. The minimum atomic E-state index is -0.348. The van der Waals surface area contributed by atoms with Gasteiger partial charge in [-0.2, -0.15) is 0 Å². The highest BCUT2D eigenvalue weighted by atomic mass is 16.5. The average Bonchev–Trinajstić information content (AvgIpc) is 3.54. The number of benzene rings is 5. The molecule has 5 N–H and O–H groups in total. The summed E-state index contributed by atoms with van der Waals surface area (Å²) in [5.41, 5.74) is 16.5. The van der Waals surface area contributed by atoms with Gasteiger partial charge in [0.15, 0.2) is 0 Å². The first-order valence-electron chi connectivity index (χ1n) is 19.5. The van der Waals surface area contributed by atoms with Crippen molar-refractivity contribution >= 4 is 34.3 Å². The predicted molar refractivity (Wildman–Crippen MR) is 224 cm³/mol. The SMILES string of the molecule is Cc1cc(N)c2cc(NC(=O)c3ccccc3COc3ccc(CNCCCCCCCNC(=O)OCC4c5ccccc5-c5ccccc54)cc3)ccc2n1. The molecule has 0 saturated heterocycles.